The van der Waals surface area contributed by atoms with E-state index in [0.29, 0.717) is 25.7 Å². The normalized spacial score (nSPS) is 13.7. The zero-order valence-corrected chi connectivity index (χ0v) is 32.8. The Bertz CT molecular complexity index is 1200. The van der Waals surface area contributed by atoms with Crippen LogP contribution in [0.5, 0.6) is 0 Å². The molecule has 0 aliphatic heterocycles. The summed E-state index contributed by atoms with van der Waals surface area (Å²) in [4.78, 5) is 42.7. The number of ether oxygens (including phenoxy) is 2. The van der Waals surface area contributed by atoms with Crippen LogP contribution < -0.4 is 0 Å². The number of carbonyl (C=O) groups is 2. The standard InChI is InChI=1S/C43H67O8P/c1-3-5-7-9-11-13-15-17-19-21-23-25-27-29-31-33-35-37-42(44)49-39-41(40-50-52(46,47)48)51-43(45)38-36-34-32-30-28-26-24-22-20-18-16-14-12-10-8-6-4-2/h5,7,11-14,17-20,23-26,29-32,41H,3-4,6,8-10,15-16,21-22,27-28,33-40H2,1-2H3,(H2,46,47,48)/b7-5-,13-11-,14-12-,19-17-,20-18-,25-23-,26-24-,31-29-,32-30-/t41-/m1/s1. The first kappa shape index (κ1) is 48.7. The fraction of sp³-hybridized carbons (Fsp3) is 0.535. The van der Waals surface area contributed by atoms with Gasteiger partial charge in [-0.15, -0.1) is 0 Å². The molecule has 0 rings (SSSR count). The van der Waals surface area contributed by atoms with Crippen LogP contribution in [0.3, 0.4) is 0 Å². The van der Waals surface area contributed by atoms with Crippen LogP contribution in [-0.4, -0.2) is 41.0 Å². The van der Waals surface area contributed by atoms with Crippen molar-refractivity contribution in [3.63, 3.8) is 0 Å². The van der Waals surface area contributed by atoms with Crippen LogP contribution in [0, 0.1) is 0 Å². The summed E-state index contributed by atoms with van der Waals surface area (Å²) in [5.41, 5.74) is 0. The summed E-state index contributed by atoms with van der Waals surface area (Å²) < 4.78 is 26.2. The van der Waals surface area contributed by atoms with Gasteiger partial charge in [-0.05, 0) is 89.9 Å². The van der Waals surface area contributed by atoms with Crippen molar-refractivity contribution in [1.29, 1.82) is 0 Å². The number of phosphoric acid groups is 1. The van der Waals surface area contributed by atoms with E-state index in [2.05, 4.69) is 110 Å². The highest BCUT2D eigenvalue weighted by atomic mass is 31.2. The molecule has 2 N–H and O–H groups in total. The Hall–Kier alpha value is -3.29. The second-order valence-electron chi connectivity index (χ2n) is 12.2. The summed E-state index contributed by atoms with van der Waals surface area (Å²) >= 11 is 0. The van der Waals surface area contributed by atoms with Gasteiger partial charge in [0.1, 0.15) is 6.61 Å². The van der Waals surface area contributed by atoms with Gasteiger partial charge in [0.25, 0.3) is 0 Å². The van der Waals surface area contributed by atoms with Gasteiger partial charge in [-0.2, -0.15) is 0 Å². The highest BCUT2D eigenvalue weighted by Crippen LogP contribution is 2.35. The summed E-state index contributed by atoms with van der Waals surface area (Å²) in [5.74, 6) is -1.03. The molecule has 9 heteroatoms. The maximum atomic E-state index is 12.4. The predicted octanol–water partition coefficient (Wildman–Crippen LogP) is 11.6. The summed E-state index contributed by atoms with van der Waals surface area (Å²) in [7, 11) is -4.79. The van der Waals surface area contributed by atoms with Crippen LogP contribution in [0.2, 0.25) is 0 Å². The highest BCUT2D eigenvalue weighted by Gasteiger charge is 2.22. The SMILES string of the molecule is CC/C=C\C/C=C\C/C=C\C/C=C\C/C=C\CCCC(=O)OC[C@H](COP(=O)(O)O)OC(=O)CCC/C=C\C/C=C\C/C=C\C/C=C\CCCCC. The van der Waals surface area contributed by atoms with Crippen molar-refractivity contribution >= 4 is 19.8 Å². The molecule has 292 valence electrons. The first-order valence-electron chi connectivity index (χ1n) is 19.2. The molecule has 0 bridgehead atoms. The van der Waals surface area contributed by atoms with Crippen LogP contribution >= 0.6 is 7.82 Å². The summed E-state index contributed by atoms with van der Waals surface area (Å²) in [6.07, 6.45) is 52.5. The lowest BCUT2D eigenvalue weighted by Gasteiger charge is -2.18. The summed E-state index contributed by atoms with van der Waals surface area (Å²) in [5, 5.41) is 0. The number of allylic oxidation sites excluding steroid dienone is 18. The lowest BCUT2D eigenvalue weighted by atomic mass is 10.2. The predicted molar refractivity (Wildman–Crippen MR) is 216 cm³/mol. The van der Waals surface area contributed by atoms with Crippen molar-refractivity contribution in [2.24, 2.45) is 0 Å². The average molecular weight is 743 g/mol. The Labute approximate surface area is 315 Å². The van der Waals surface area contributed by atoms with Crippen molar-refractivity contribution in [2.75, 3.05) is 13.2 Å². The number of rotatable bonds is 33. The fourth-order valence-electron chi connectivity index (χ4n) is 4.46. The fourth-order valence-corrected chi connectivity index (χ4v) is 4.82. The van der Waals surface area contributed by atoms with Gasteiger partial charge in [0.15, 0.2) is 6.10 Å². The Morgan fingerprint density at radius 1 is 0.519 bits per heavy atom. The Kier molecular flexibility index (Phi) is 35.1. The van der Waals surface area contributed by atoms with Gasteiger partial charge in [0.2, 0.25) is 0 Å². The van der Waals surface area contributed by atoms with Gasteiger partial charge >= 0.3 is 19.8 Å². The van der Waals surface area contributed by atoms with Crippen molar-refractivity contribution in [3.8, 4) is 0 Å². The number of hydrogen-bond acceptors (Lipinski definition) is 6. The minimum Gasteiger partial charge on any atom is -0.462 e. The van der Waals surface area contributed by atoms with Gasteiger partial charge in [-0.25, -0.2) is 4.57 Å². The van der Waals surface area contributed by atoms with Crippen LogP contribution in [-0.2, 0) is 28.2 Å². The Morgan fingerprint density at radius 2 is 0.904 bits per heavy atom. The van der Waals surface area contributed by atoms with Crippen LogP contribution in [0.25, 0.3) is 0 Å². The lowest BCUT2D eigenvalue weighted by molar-refractivity contribution is -0.161. The lowest BCUT2D eigenvalue weighted by Crippen LogP contribution is -2.29. The second-order valence-corrected chi connectivity index (χ2v) is 13.4. The molecule has 0 heterocycles. The molecule has 0 radical (unpaired) electrons. The molecule has 52 heavy (non-hydrogen) atoms. The molecule has 0 saturated carbocycles. The first-order chi connectivity index (χ1) is 25.3. The van der Waals surface area contributed by atoms with Crippen LogP contribution in [0.1, 0.15) is 129 Å². The Morgan fingerprint density at radius 3 is 1.31 bits per heavy atom. The molecular formula is C43H67O8P. The van der Waals surface area contributed by atoms with Crippen molar-refractivity contribution in [2.45, 2.75) is 136 Å². The smallest absolute Gasteiger partial charge is 0.462 e. The van der Waals surface area contributed by atoms with E-state index in [-0.39, 0.29) is 19.4 Å². The molecule has 1 atom stereocenters. The van der Waals surface area contributed by atoms with Crippen molar-refractivity contribution < 1.29 is 37.9 Å². The third-order valence-corrected chi connectivity index (χ3v) is 7.76. The molecule has 0 spiro atoms. The molecule has 0 aliphatic rings. The molecule has 0 saturated heterocycles. The monoisotopic (exact) mass is 742 g/mol. The number of esters is 2. The molecule has 0 aromatic carbocycles. The molecule has 0 aromatic rings. The van der Waals surface area contributed by atoms with Gasteiger partial charge < -0.3 is 19.3 Å². The average Bonchev–Trinajstić information content (AvgIpc) is 3.11. The number of unbranched alkanes of at least 4 members (excludes halogenated alkanes) is 5. The molecule has 0 aromatic heterocycles. The van der Waals surface area contributed by atoms with Gasteiger partial charge in [0, 0.05) is 12.8 Å². The van der Waals surface area contributed by atoms with E-state index in [1.165, 1.54) is 19.3 Å². The van der Waals surface area contributed by atoms with Gasteiger partial charge in [-0.1, -0.05) is 136 Å². The molecule has 0 unspecified atom stereocenters. The summed E-state index contributed by atoms with van der Waals surface area (Å²) in [6.45, 7) is 3.42. The Balaban J connectivity index is 4.20. The van der Waals surface area contributed by atoms with E-state index >= 15 is 0 Å². The molecule has 8 nitrogen and oxygen atoms in total. The molecule has 0 amide bonds. The van der Waals surface area contributed by atoms with E-state index < -0.39 is 32.5 Å². The van der Waals surface area contributed by atoms with Crippen LogP contribution in [0.15, 0.2) is 109 Å². The van der Waals surface area contributed by atoms with E-state index in [1.807, 2.05) is 18.2 Å². The third kappa shape index (κ3) is 39.5. The molecule has 0 aliphatic carbocycles. The van der Waals surface area contributed by atoms with E-state index in [9.17, 15) is 14.2 Å². The topological polar surface area (TPSA) is 119 Å². The van der Waals surface area contributed by atoms with E-state index in [0.717, 1.165) is 57.8 Å². The molecule has 0 fully saturated rings. The highest BCUT2D eigenvalue weighted by molar-refractivity contribution is 7.46. The summed E-state index contributed by atoms with van der Waals surface area (Å²) in [6, 6.07) is 0. The minimum absolute atomic E-state index is 0.117. The number of phosphoric ester groups is 1. The first-order valence-corrected chi connectivity index (χ1v) is 20.7. The van der Waals surface area contributed by atoms with Crippen LogP contribution in [0.4, 0.5) is 0 Å². The second kappa shape index (κ2) is 37.5. The number of carbonyl (C=O) groups excluding carboxylic acids is 2. The largest absolute Gasteiger partial charge is 0.469 e. The third-order valence-electron chi connectivity index (χ3n) is 7.28. The van der Waals surface area contributed by atoms with E-state index in [1.54, 1.807) is 0 Å². The maximum absolute atomic E-state index is 12.4. The van der Waals surface area contributed by atoms with Gasteiger partial charge in [0.05, 0.1) is 6.61 Å². The quantitative estimate of drug-likeness (QED) is 0.0295. The zero-order valence-electron chi connectivity index (χ0n) is 31.9. The zero-order chi connectivity index (χ0) is 38.2. The maximum Gasteiger partial charge on any atom is 0.469 e. The molecular weight excluding hydrogens is 675 g/mol. The van der Waals surface area contributed by atoms with Crippen molar-refractivity contribution in [3.05, 3.63) is 109 Å². The number of hydrogen-bond donors (Lipinski definition) is 2. The minimum atomic E-state index is -4.79. The van der Waals surface area contributed by atoms with Crippen molar-refractivity contribution in [1.82, 2.24) is 0 Å². The van der Waals surface area contributed by atoms with Gasteiger partial charge in [-0.3, -0.25) is 14.1 Å². The van der Waals surface area contributed by atoms with E-state index in [4.69, 9.17) is 19.3 Å².